The van der Waals surface area contributed by atoms with Gasteiger partial charge in [0, 0.05) is 26.2 Å². The first kappa shape index (κ1) is 23.1. The molecule has 2 aromatic carbocycles. The van der Waals surface area contributed by atoms with Crippen LogP contribution in [0.5, 0.6) is 5.75 Å². The molecule has 8 heteroatoms. The molecule has 1 aliphatic heterocycles. The number of nitrogens with one attached hydrogen (secondary N) is 2. The molecular formula is C23H32N4O3S. The van der Waals surface area contributed by atoms with Gasteiger partial charge >= 0.3 is 0 Å². The van der Waals surface area contributed by atoms with Crippen molar-refractivity contribution in [3.8, 4) is 5.75 Å². The molecule has 1 saturated heterocycles. The number of ether oxygens (including phenoxy) is 1. The summed E-state index contributed by atoms with van der Waals surface area (Å²) in [6.45, 7) is 4.74. The Kier molecular flexibility index (Phi) is 8.31. The molecule has 0 radical (unpaired) electrons. The SMILES string of the molecule is CCNC(=NCc1cccc(OC)c1)NCc1ccccc1S(=O)(=O)N1CCCCC1. The normalized spacial score (nSPS) is 15.5. The fourth-order valence-corrected chi connectivity index (χ4v) is 5.35. The highest BCUT2D eigenvalue weighted by Gasteiger charge is 2.27. The Morgan fingerprint density at radius 3 is 2.58 bits per heavy atom. The van der Waals surface area contributed by atoms with Gasteiger partial charge in [-0.15, -0.1) is 0 Å². The van der Waals surface area contributed by atoms with E-state index < -0.39 is 10.0 Å². The van der Waals surface area contributed by atoms with E-state index in [0.717, 1.165) is 36.1 Å². The zero-order chi connectivity index (χ0) is 22.1. The van der Waals surface area contributed by atoms with Gasteiger partial charge in [0.2, 0.25) is 10.0 Å². The Hall–Kier alpha value is -2.58. The largest absolute Gasteiger partial charge is 0.497 e. The molecule has 7 nitrogen and oxygen atoms in total. The topological polar surface area (TPSA) is 83.0 Å². The molecule has 0 aromatic heterocycles. The molecule has 1 heterocycles. The maximum Gasteiger partial charge on any atom is 0.243 e. The maximum atomic E-state index is 13.2. The van der Waals surface area contributed by atoms with Gasteiger partial charge in [-0.2, -0.15) is 4.31 Å². The second-order valence-corrected chi connectivity index (χ2v) is 9.38. The quantitative estimate of drug-likeness (QED) is 0.483. The van der Waals surface area contributed by atoms with Crippen molar-refractivity contribution < 1.29 is 13.2 Å². The first-order chi connectivity index (χ1) is 15.0. The Morgan fingerprint density at radius 1 is 1.06 bits per heavy atom. The van der Waals surface area contributed by atoms with E-state index in [9.17, 15) is 8.42 Å². The van der Waals surface area contributed by atoms with Crippen molar-refractivity contribution in [2.45, 2.75) is 44.2 Å². The van der Waals surface area contributed by atoms with Crippen molar-refractivity contribution in [3.05, 3.63) is 59.7 Å². The number of guanidine groups is 1. The van der Waals surface area contributed by atoms with Gasteiger partial charge in [-0.05, 0) is 49.1 Å². The molecule has 0 bridgehead atoms. The summed E-state index contributed by atoms with van der Waals surface area (Å²) in [7, 11) is -1.85. The minimum atomic E-state index is -3.50. The number of piperidine rings is 1. The Bertz CT molecular complexity index is 986. The van der Waals surface area contributed by atoms with Crippen LogP contribution in [0.1, 0.15) is 37.3 Å². The van der Waals surface area contributed by atoms with Crippen LogP contribution in [0.4, 0.5) is 0 Å². The molecule has 1 aliphatic rings. The number of aliphatic imine (C=N–C) groups is 1. The molecular weight excluding hydrogens is 412 g/mol. The Labute approximate surface area is 185 Å². The second kappa shape index (κ2) is 11.2. The standard InChI is InChI=1S/C23H32N4O3S/c1-3-24-23(25-17-19-10-9-12-21(16-19)30-2)26-18-20-11-5-6-13-22(20)31(28,29)27-14-7-4-8-15-27/h5-6,9-13,16H,3-4,7-8,14-15,17-18H2,1-2H3,(H2,24,25,26). The van der Waals surface area contributed by atoms with Crippen molar-refractivity contribution in [2.24, 2.45) is 4.99 Å². The molecule has 2 N–H and O–H groups in total. The van der Waals surface area contributed by atoms with E-state index in [-0.39, 0.29) is 0 Å². The summed E-state index contributed by atoms with van der Waals surface area (Å²) in [5.41, 5.74) is 1.77. The lowest BCUT2D eigenvalue weighted by atomic mass is 10.2. The number of benzene rings is 2. The number of hydrogen-bond donors (Lipinski definition) is 2. The van der Waals surface area contributed by atoms with Crippen LogP contribution in [0.3, 0.4) is 0 Å². The van der Waals surface area contributed by atoms with E-state index in [0.29, 0.717) is 43.6 Å². The van der Waals surface area contributed by atoms with E-state index in [4.69, 9.17) is 4.74 Å². The van der Waals surface area contributed by atoms with E-state index in [1.807, 2.05) is 43.3 Å². The third-order valence-corrected chi connectivity index (χ3v) is 7.25. The summed E-state index contributed by atoms with van der Waals surface area (Å²) in [6, 6.07) is 15.0. The van der Waals surface area contributed by atoms with Gasteiger partial charge in [-0.3, -0.25) is 0 Å². The summed E-state index contributed by atoms with van der Waals surface area (Å²) < 4.78 is 33.3. The number of nitrogens with zero attached hydrogens (tertiary/aromatic N) is 2. The molecule has 0 aliphatic carbocycles. The summed E-state index contributed by atoms with van der Waals surface area (Å²) >= 11 is 0. The van der Waals surface area contributed by atoms with Crippen molar-refractivity contribution in [1.82, 2.24) is 14.9 Å². The summed E-state index contributed by atoms with van der Waals surface area (Å²) in [5.74, 6) is 1.43. The number of methoxy groups -OCH3 is 1. The van der Waals surface area contributed by atoms with Crippen molar-refractivity contribution in [2.75, 3.05) is 26.7 Å². The van der Waals surface area contributed by atoms with Gasteiger partial charge < -0.3 is 15.4 Å². The lowest BCUT2D eigenvalue weighted by Crippen LogP contribution is -2.38. The summed E-state index contributed by atoms with van der Waals surface area (Å²) in [5, 5.41) is 6.50. The highest BCUT2D eigenvalue weighted by Crippen LogP contribution is 2.23. The summed E-state index contributed by atoms with van der Waals surface area (Å²) in [6.07, 6.45) is 2.92. The molecule has 0 spiro atoms. The lowest BCUT2D eigenvalue weighted by Gasteiger charge is -2.27. The Balaban J connectivity index is 1.73. The molecule has 2 aromatic rings. The van der Waals surface area contributed by atoms with Gasteiger partial charge in [0.15, 0.2) is 5.96 Å². The van der Waals surface area contributed by atoms with Crippen LogP contribution >= 0.6 is 0 Å². The van der Waals surface area contributed by atoms with Crippen molar-refractivity contribution in [3.63, 3.8) is 0 Å². The van der Waals surface area contributed by atoms with Crippen LogP contribution in [-0.2, 0) is 23.1 Å². The van der Waals surface area contributed by atoms with Gasteiger partial charge in [0.25, 0.3) is 0 Å². The minimum absolute atomic E-state index is 0.368. The third-order valence-electron chi connectivity index (χ3n) is 5.25. The minimum Gasteiger partial charge on any atom is -0.497 e. The van der Waals surface area contributed by atoms with Crippen LogP contribution in [0, 0.1) is 0 Å². The lowest BCUT2D eigenvalue weighted by molar-refractivity contribution is 0.346. The average molecular weight is 445 g/mol. The van der Waals surface area contributed by atoms with Gasteiger partial charge in [-0.25, -0.2) is 13.4 Å². The average Bonchev–Trinajstić information content (AvgIpc) is 2.81. The molecule has 0 unspecified atom stereocenters. The second-order valence-electron chi connectivity index (χ2n) is 7.47. The number of rotatable bonds is 8. The van der Waals surface area contributed by atoms with Crippen LogP contribution in [-0.4, -0.2) is 45.4 Å². The molecule has 31 heavy (non-hydrogen) atoms. The Morgan fingerprint density at radius 2 is 1.84 bits per heavy atom. The van der Waals surface area contributed by atoms with Crippen molar-refractivity contribution >= 4 is 16.0 Å². The molecule has 0 saturated carbocycles. The maximum absolute atomic E-state index is 13.2. The van der Waals surface area contributed by atoms with Crippen LogP contribution in [0.15, 0.2) is 58.4 Å². The fourth-order valence-electron chi connectivity index (χ4n) is 3.61. The molecule has 1 fully saturated rings. The van der Waals surface area contributed by atoms with Gasteiger partial charge in [0.1, 0.15) is 5.75 Å². The van der Waals surface area contributed by atoms with Crippen molar-refractivity contribution in [1.29, 1.82) is 0 Å². The van der Waals surface area contributed by atoms with Gasteiger partial charge in [0.05, 0.1) is 18.6 Å². The first-order valence-corrected chi connectivity index (χ1v) is 12.2. The highest BCUT2D eigenvalue weighted by atomic mass is 32.2. The smallest absolute Gasteiger partial charge is 0.243 e. The van der Waals surface area contributed by atoms with Crippen LogP contribution in [0.25, 0.3) is 0 Å². The highest BCUT2D eigenvalue weighted by molar-refractivity contribution is 7.89. The zero-order valence-corrected chi connectivity index (χ0v) is 19.1. The fraction of sp³-hybridized carbons (Fsp3) is 0.435. The number of hydrogen-bond acceptors (Lipinski definition) is 4. The molecule has 0 atom stereocenters. The predicted molar refractivity (Wildman–Crippen MR) is 124 cm³/mol. The van der Waals surface area contributed by atoms with Gasteiger partial charge in [-0.1, -0.05) is 36.8 Å². The van der Waals surface area contributed by atoms with E-state index in [2.05, 4.69) is 15.6 Å². The van der Waals surface area contributed by atoms with E-state index in [1.54, 1.807) is 23.5 Å². The monoisotopic (exact) mass is 444 g/mol. The van der Waals surface area contributed by atoms with E-state index in [1.165, 1.54) is 0 Å². The third kappa shape index (κ3) is 6.21. The first-order valence-electron chi connectivity index (χ1n) is 10.8. The molecule has 168 valence electrons. The van der Waals surface area contributed by atoms with Crippen LogP contribution < -0.4 is 15.4 Å². The summed E-state index contributed by atoms with van der Waals surface area (Å²) in [4.78, 5) is 5.00. The zero-order valence-electron chi connectivity index (χ0n) is 18.3. The molecule has 3 rings (SSSR count). The predicted octanol–water partition coefficient (Wildman–Crippen LogP) is 3.13. The molecule has 0 amide bonds. The van der Waals surface area contributed by atoms with E-state index >= 15 is 0 Å². The number of sulfonamides is 1. The van der Waals surface area contributed by atoms with Crippen LogP contribution in [0.2, 0.25) is 0 Å².